The molecule has 3 nitrogen and oxygen atoms in total. The minimum Gasteiger partial charge on any atom is -0.478 e. The van der Waals surface area contributed by atoms with Gasteiger partial charge in [-0.15, -0.1) is 0 Å². The topological polar surface area (TPSA) is 40.5 Å². The molecule has 1 aromatic rings. The molecular formula is C15H18FNO2S. The number of carboxylic acids is 1. The normalized spacial score (nSPS) is 23.2. The molecule has 20 heavy (non-hydrogen) atoms. The first-order chi connectivity index (χ1) is 9.50. The summed E-state index contributed by atoms with van der Waals surface area (Å²) in [5.41, 5.74) is 1.11. The van der Waals surface area contributed by atoms with E-state index < -0.39 is 5.97 Å². The zero-order valence-electron chi connectivity index (χ0n) is 11.5. The van der Waals surface area contributed by atoms with Crippen molar-refractivity contribution in [2.24, 2.45) is 0 Å². The summed E-state index contributed by atoms with van der Waals surface area (Å²) in [5.74, 6) is -0.388. The highest BCUT2D eigenvalue weighted by Crippen LogP contribution is 2.33. The number of thioether (sulfide) groups is 1. The molecular weight excluding hydrogens is 277 g/mol. The molecule has 0 bridgehead atoms. The summed E-state index contributed by atoms with van der Waals surface area (Å²) in [4.78, 5) is 12.7. The van der Waals surface area contributed by atoms with E-state index in [1.807, 2.05) is 16.7 Å². The lowest BCUT2D eigenvalue weighted by molar-refractivity contribution is -0.131. The van der Waals surface area contributed by atoms with Crippen LogP contribution in [0, 0.1) is 5.82 Å². The molecule has 1 aliphatic heterocycles. The van der Waals surface area contributed by atoms with Gasteiger partial charge in [-0.1, -0.05) is 19.1 Å². The first-order valence-corrected chi connectivity index (χ1v) is 7.63. The van der Waals surface area contributed by atoms with Crippen LogP contribution in [0.1, 0.15) is 19.4 Å². The molecule has 0 spiro atoms. The molecule has 1 aromatic carbocycles. The fourth-order valence-corrected chi connectivity index (χ4v) is 3.48. The van der Waals surface area contributed by atoms with Crippen molar-refractivity contribution in [3.05, 3.63) is 35.7 Å². The third-order valence-electron chi connectivity index (χ3n) is 3.59. The van der Waals surface area contributed by atoms with E-state index in [0.717, 1.165) is 18.4 Å². The average Bonchev–Trinajstić information content (AvgIpc) is 2.40. The van der Waals surface area contributed by atoms with Gasteiger partial charge in [0, 0.05) is 35.2 Å². The number of halogens is 1. The van der Waals surface area contributed by atoms with Crippen LogP contribution in [0.3, 0.4) is 0 Å². The van der Waals surface area contributed by atoms with Gasteiger partial charge in [-0.3, -0.25) is 0 Å². The smallest absolute Gasteiger partial charge is 0.328 e. The molecule has 1 saturated heterocycles. The van der Waals surface area contributed by atoms with E-state index in [0.29, 0.717) is 16.5 Å². The van der Waals surface area contributed by atoms with Gasteiger partial charge in [0.1, 0.15) is 5.82 Å². The fourth-order valence-electron chi connectivity index (χ4n) is 2.38. The van der Waals surface area contributed by atoms with Crippen LogP contribution in [0.5, 0.6) is 0 Å². The van der Waals surface area contributed by atoms with Crippen molar-refractivity contribution in [3.8, 4) is 0 Å². The van der Waals surface area contributed by atoms with Crippen molar-refractivity contribution in [1.82, 2.24) is 0 Å². The molecule has 0 saturated carbocycles. The van der Waals surface area contributed by atoms with Crippen molar-refractivity contribution in [2.75, 3.05) is 17.2 Å². The van der Waals surface area contributed by atoms with Crippen LogP contribution in [-0.4, -0.2) is 34.7 Å². The summed E-state index contributed by atoms with van der Waals surface area (Å²) < 4.78 is 14.2. The lowest BCUT2D eigenvalue weighted by Gasteiger charge is -2.40. The summed E-state index contributed by atoms with van der Waals surface area (Å²) in [6, 6.07) is 4.99. The third kappa shape index (κ3) is 3.15. The van der Waals surface area contributed by atoms with E-state index >= 15 is 0 Å². The van der Waals surface area contributed by atoms with Gasteiger partial charge in [0.25, 0.3) is 0 Å². The molecule has 0 aromatic heterocycles. The molecule has 5 heteroatoms. The number of rotatable bonds is 3. The Bertz CT molecular complexity index is 533. The van der Waals surface area contributed by atoms with Gasteiger partial charge in [0.05, 0.1) is 5.69 Å². The van der Waals surface area contributed by atoms with Crippen molar-refractivity contribution >= 4 is 29.5 Å². The quantitative estimate of drug-likeness (QED) is 0.869. The number of nitrogens with zero attached hydrogens (tertiary/aromatic N) is 1. The molecule has 2 atom stereocenters. The minimum absolute atomic E-state index is 0.211. The van der Waals surface area contributed by atoms with Crippen molar-refractivity contribution in [3.63, 3.8) is 0 Å². The standard InChI is InChI=1S/C15H18FNO2S/c1-10-11(2)20-9-8-17(10)15-12(6-7-14(18)19)4-3-5-13(15)16/h3-7,10-11H,8-9H2,1-2H3,(H,18,19)/b7-6+. The Hall–Kier alpha value is -1.49. The molecule has 0 amide bonds. The van der Waals surface area contributed by atoms with Gasteiger partial charge in [0.15, 0.2) is 0 Å². The van der Waals surface area contributed by atoms with Crippen LogP contribution in [0.25, 0.3) is 6.08 Å². The Morgan fingerprint density at radius 3 is 2.95 bits per heavy atom. The summed E-state index contributed by atoms with van der Waals surface area (Å²) in [5, 5.41) is 9.16. The fraction of sp³-hybridized carbons (Fsp3) is 0.400. The average molecular weight is 295 g/mol. The molecule has 2 unspecified atom stereocenters. The summed E-state index contributed by atoms with van der Waals surface area (Å²) in [6.45, 7) is 4.98. The largest absolute Gasteiger partial charge is 0.478 e. The zero-order chi connectivity index (χ0) is 14.7. The number of aliphatic carboxylic acids is 1. The molecule has 1 heterocycles. The predicted octanol–water partition coefficient (Wildman–Crippen LogP) is 3.25. The third-order valence-corrected chi connectivity index (χ3v) is 4.93. The van der Waals surface area contributed by atoms with Crippen molar-refractivity contribution in [1.29, 1.82) is 0 Å². The Morgan fingerprint density at radius 1 is 1.50 bits per heavy atom. The summed E-state index contributed by atoms with van der Waals surface area (Å²) in [6.07, 6.45) is 2.50. The number of carboxylic acid groups (broad SMARTS) is 1. The lowest BCUT2D eigenvalue weighted by atomic mass is 10.1. The minimum atomic E-state index is -1.03. The van der Waals surface area contributed by atoms with Crippen LogP contribution in [0.15, 0.2) is 24.3 Å². The highest BCUT2D eigenvalue weighted by atomic mass is 32.2. The van der Waals surface area contributed by atoms with E-state index in [2.05, 4.69) is 13.8 Å². The van der Waals surface area contributed by atoms with Gasteiger partial charge < -0.3 is 10.0 Å². The first kappa shape index (κ1) is 14.9. The second kappa shape index (κ2) is 6.31. The SMILES string of the molecule is CC1SCCN(c2c(F)cccc2/C=C/C(=O)O)C1C. The van der Waals surface area contributed by atoms with Gasteiger partial charge in [-0.2, -0.15) is 11.8 Å². The number of benzene rings is 1. The van der Waals surface area contributed by atoms with Crippen LogP contribution in [0.4, 0.5) is 10.1 Å². The van der Waals surface area contributed by atoms with E-state index in [1.54, 1.807) is 12.1 Å². The second-order valence-corrected chi connectivity index (χ2v) is 6.34. The van der Waals surface area contributed by atoms with Crippen LogP contribution in [0.2, 0.25) is 0 Å². The van der Waals surface area contributed by atoms with E-state index in [1.165, 1.54) is 12.1 Å². The van der Waals surface area contributed by atoms with Gasteiger partial charge in [-0.25, -0.2) is 9.18 Å². The summed E-state index contributed by atoms with van der Waals surface area (Å²) >= 11 is 1.88. The Kier molecular flexibility index (Phi) is 4.70. The van der Waals surface area contributed by atoms with Gasteiger partial charge in [-0.05, 0) is 19.1 Å². The Morgan fingerprint density at radius 2 is 2.25 bits per heavy atom. The number of hydrogen-bond acceptors (Lipinski definition) is 3. The maximum Gasteiger partial charge on any atom is 0.328 e. The van der Waals surface area contributed by atoms with Gasteiger partial charge >= 0.3 is 5.97 Å². The molecule has 1 aliphatic rings. The van der Waals surface area contributed by atoms with E-state index in [9.17, 15) is 9.18 Å². The van der Waals surface area contributed by atoms with E-state index in [4.69, 9.17) is 5.11 Å². The molecule has 1 fully saturated rings. The van der Waals surface area contributed by atoms with Gasteiger partial charge in [0.2, 0.25) is 0 Å². The number of para-hydroxylation sites is 1. The monoisotopic (exact) mass is 295 g/mol. The number of anilines is 1. The number of hydrogen-bond donors (Lipinski definition) is 1. The lowest BCUT2D eigenvalue weighted by Crippen LogP contribution is -2.45. The van der Waals surface area contributed by atoms with Crippen LogP contribution < -0.4 is 4.90 Å². The van der Waals surface area contributed by atoms with E-state index in [-0.39, 0.29) is 11.9 Å². The Labute approximate surface area is 122 Å². The highest BCUT2D eigenvalue weighted by molar-refractivity contribution is 8.00. The molecule has 2 rings (SSSR count). The van der Waals surface area contributed by atoms with Crippen LogP contribution >= 0.6 is 11.8 Å². The second-order valence-electron chi connectivity index (χ2n) is 4.86. The molecule has 1 N–H and O–H groups in total. The van der Waals surface area contributed by atoms with Crippen molar-refractivity contribution in [2.45, 2.75) is 25.1 Å². The molecule has 108 valence electrons. The maximum atomic E-state index is 14.2. The Balaban J connectivity index is 2.41. The maximum absolute atomic E-state index is 14.2. The molecule has 0 aliphatic carbocycles. The first-order valence-electron chi connectivity index (χ1n) is 6.58. The van der Waals surface area contributed by atoms with Crippen molar-refractivity contribution < 1.29 is 14.3 Å². The predicted molar refractivity (Wildman–Crippen MR) is 81.8 cm³/mol. The highest BCUT2D eigenvalue weighted by Gasteiger charge is 2.28. The van der Waals surface area contributed by atoms with Crippen LogP contribution in [-0.2, 0) is 4.79 Å². The summed E-state index contributed by atoms with van der Waals surface area (Å²) in [7, 11) is 0. The molecule has 0 radical (unpaired) electrons. The number of carbonyl (C=O) groups is 1. The zero-order valence-corrected chi connectivity index (χ0v) is 12.4.